The van der Waals surface area contributed by atoms with Gasteiger partial charge >= 0.3 is 0 Å². The molecule has 0 unspecified atom stereocenters. The number of benzene rings is 1. The number of hydrogen-bond donors (Lipinski definition) is 1. The molecule has 20 heavy (non-hydrogen) atoms. The Hall–Kier alpha value is -1.72. The van der Waals surface area contributed by atoms with Gasteiger partial charge in [0, 0.05) is 18.5 Å². The minimum absolute atomic E-state index is 0.00977. The second-order valence-corrected chi connectivity index (χ2v) is 5.85. The fourth-order valence-corrected chi connectivity index (χ4v) is 2.71. The van der Waals surface area contributed by atoms with Gasteiger partial charge in [-0.3, -0.25) is 4.79 Å². The average molecular weight is 289 g/mol. The molecule has 2 rings (SSSR count). The monoisotopic (exact) mass is 289 g/mol. The van der Waals surface area contributed by atoms with Gasteiger partial charge in [0.2, 0.25) is 5.91 Å². The van der Waals surface area contributed by atoms with Crippen LogP contribution in [-0.4, -0.2) is 29.9 Å². The molecule has 1 aromatic carbocycles. The summed E-state index contributed by atoms with van der Waals surface area (Å²) in [5, 5.41) is 5.91. The molecule has 106 valence electrons. The molecule has 0 fully saturated rings. The molecule has 1 N–H and O–H groups in total. The summed E-state index contributed by atoms with van der Waals surface area (Å²) in [6.45, 7) is 1.38. The largest absolute Gasteiger partial charge is 0.352 e. The summed E-state index contributed by atoms with van der Waals surface area (Å²) < 4.78 is 0. The molecule has 1 heterocycles. The van der Waals surface area contributed by atoms with E-state index in [1.54, 1.807) is 11.3 Å². The van der Waals surface area contributed by atoms with Crippen LogP contribution in [0.5, 0.6) is 0 Å². The Kier molecular flexibility index (Phi) is 5.26. The van der Waals surface area contributed by atoms with Crippen molar-refractivity contribution in [2.24, 2.45) is 0 Å². The number of carbonyl (C=O) groups is 1. The van der Waals surface area contributed by atoms with E-state index in [-0.39, 0.29) is 5.91 Å². The molecule has 0 spiro atoms. The molecule has 4 nitrogen and oxygen atoms in total. The lowest BCUT2D eigenvalue weighted by atomic mass is 10.2. The van der Waals surface area contributed by atoms with Crippen molar-refractivity contribution in [1.82, 2.24) is 15.2 Å². The van der Waals surface area contributed by atoms with Crippen LogP contribution in [0.2, 0.25) is 0 Å². The summed E-state index contributed by atoms with van der Waals surface area (Å²) in [7, 11) is 4.02. The van der Waals surface area contributed by atoms with Gasteiger partial charge in [-0.1, -0.05) is 30.3 Å². The Morgan fingerprint density at radius 3 is 2.75 bits per heavy atom. The van der Waals surface area contributed by atoms with Crippen LogP contribution in [0, 0.1) is 0 Å². The van der Waals surface area contributed by atoms with E-state index in [9.17, 15) is 4.79 Å². The summed E-state index contributed by atoms with van der Waals surface area (Å²) in [6.07, 6.45) is 0.344. The Morgan fingerprint density at radius 1 is 1.30 bits per heavy atom. The third-order valence-electron chi connectivity index (χ3n) is 2.72. The van der Waals surface area contributed by atoms with Crippen LogP contribution >= 0.6 is 11.3 Å². The Morgan fingerprint density at radius 2 is 2.05 bits per heavy atom. The molecule has 0 radical (unpaired) electrons. The minimum atomic E-state index is 0.00977. The molecule has 0 aliphatic rings. The predicted octanol–water partition coefficient (Wildman–Crippen LogP) is 2.06. The maximum Gasteiger partial charge on any atom is 0.226 e. The third-order valence-corrected chi connectivity index (χ3v) is 3.61. The zero-order valence-corrected chi connectivity index (χ0v) is 12.6. The summed E-state index contributed by atoms with van der Waals surface area (Å²) in [5.41, 5.74) is 1.95. The third kappa shape index (κ3) is 4.75. The molecular weight excluding hydrogens is 270 g/mol. The van der Waals surface area contributed by atoms with E-state index in [0.29, 0.717) is 13.0 Å². The van der Waals surface area contributed by atoms with Gasteiger partial charge in [0.15, 0.2) is 0 Å². The molecule has 0 saturated heterocycles. The van der Waals surface area contributed by atoms with Crippen LogP contribution in [0.4, 0.5) is 0 Å². The van der Waals surface area contributed by atoms with Crippen molar-refractivity contribution in [2.45, 2.75) is 19.5 Å². The van der Waals surface area contributed by atoms with Gasteiger partial charge in [-0.25, -0.2) is 4.98 Å². The molecule has 0 saturated carbocycles. The highest BCUT2D eigenvalue weighted by atomic mass is 32.1. The van der Waals surface area contributed by atoms with E-state index in [1.807, 2.05) is 49.8 Å². The lowest BCUT2D eigenvalue weighted by Crippen LogP contribution is -2.24. The molecule has 2 aromatic rings. The van der Waals surface area contributed by atoms with Crippen molar-refractivity contribution < 1.29 is 4.79 Å². The summed E-state index contributed by atoms with van der Waals surface area (Å²) >= 11 is 1.60. The molecule has 0 aliphatic carbocycles. The van der Waals surface area contributed by atoms with Crippen molar-refractivity contribution in [1.29, 1.82) is 0 Å². The Bertz CT molecular complexity index is 551. The highest BCUT2D eigenvalue weighted by molar-refractivity contribution is 7.09. The topological polar surface area (TPSA) is 45.2 Å². The molecule has 5 heteroatoms. The van der Waals surface area contributed by atoms with Crippen molar-refractivity contribution in [3.05, 3.63) is 52.0 Å². The van der Waals surface area contributed by atoms with Crippen molar-refractivity contribution >= 4 is 17.2 Å². The zero-order valence-electron chi connectivity index (χ0n) is 11.8. The number of thiazole rings is 1. The zero-order chi connectivity index (χ0) is 14.4. The van der Waals surface area contributed by atoms with Gasteiger partial charge in [-0.2, -0.15) is 0 Å². The lowest BCUT2D eigenvalue weighted by Gasteiger charge is -2.05. The van der Waals surface area contributed by atoms with Gasteiger partial charge in [0.05, 0.1) is 12.1 Å². The van der Waals surface area contributed by atoms with Gasteiger partial charge in [0.25, 0.3) is 0 Å². The molecule has 0 bridgehead atoms. The number of nitrogens with one attached hydrogen (secondary N) is 1. The highest BCUT2D eigenvalue weighted by Crippen LogP contribution is 2.11. The van der Waals surface area contributed by atoms with Crippen LogP contribution in [0.15, 0.2) is 35.7 Å². The molecule has 1 amide bonds. The molecule has 0 atom stereocenters. The first-order chi connectivity index (χ1) is 9.63. The van der Waals surface area contributed by atoms with Crippen LogP contribution in [0.25, 0.3) is 0 Å². The maximum atomic E-state index is 11.9. The van der Waals surface area contributed by atoms with Gasteiger partial charge in [-0.05, 0) is 19.7 Å². The predicted molar refractivity (Wildman–Crippen MR) is 81.5 cm³/mol. The first kappa shape index (κ1) is 14.7. The number of carbonyl (C=O) groups excluding carboxylic acids is 1. The maximum absolute atomic E-state index is 11.9. The molecule has 0 aliphatic heterocycles. The van der Waals surface area contributed by atoms with E-state index in [2.05, 4.69) is 15.2 Å². The first-order valence-electron chi connectivity index (χ1n) is 6.52. The van der Waals surface area contributed by atoms with Gasteiger partial charge < -0.3 is 10.2 Å². The van der Waals surface area contributed by atoms with Crippen LogP contribution in [0.3, 0.4) is 0 Å². The minimum Gasteiger partial charge on any atom is -0.352 e. The van der Waals surface area contributed by atoms with E-state index >= 15 is 0 Å². The lowest BCUT2D eigenvalue weighted by molar-refractivity contribution is -0.120. The normalized spacial score (nSPS) is 10.8. The van der Waals surface area contributed by atoms with E-state index < -0.39 is 0 Å². The molecular formula is C15H19N3OS. The quantitative estimate of drug-likeness (QED) is 0.885. The first-order valence-corrected chi connectivity index (χ1v) is 7.40. The van der Waals surface area contributed by atoms with E-state index in [4.69, 9.17) is 0 Å². The van der Waals surface area contributed by atoms with Gasteiger partial charge in [-0.15, -0.1) is 11.3 Å². The second kappa shape index (κ2) is 7.17. The summed E-state index contributed by atoms with van der Waals surface area (Å²) in [6, 6.07) is 9.90. The number of rotatable bonds is 6. The number of nitrogens with zero attached hydrogens (tertiary/aromatic N) is 2. The summed E-state index contributed by atoms with van der Waals surface area (Å²) in [4.78, 5) is 18.4. The fourth-order valence-electron chi connectivity index (χ4n) is 1.80. The smallest absolute Gasteiger partial charge is 0.226 e. The Labute approximate surface area is 123 Å². The number of hydrogen-bond acceptors (Lipinski definition) is 4. The average Bonchev–Trinajstić information content (AvgIpc) is 2.84. The van der Waals surface area contributed by atoms with Crippen molar-refractivity contribution in [3.8, 4) is 0 Å². The highest BCUT2D eigenvalue weighted by Gasteiger charge is 2.08. The standard InChI is InChI=1S/C15H19N3OS/c1-18(2)10-15-17-13(11-20-15)8-14(19)16-9-12-6-4-3-5-7-12/h3-7,11H,8-10H2,1-2H3,(H,16,19). The Balaban J connectivity index is 1.81. The van der Waals surface area contributed by atoms with E-state index in [1.165, 1.54) is 0 Å². The molecule has 1 aromatic heterocycles. The van der Waals surface area contributed by atoms with Gasteiger partial charge in [0.1, 0.15) is 5.01 Å². The number of aromatic nitrogens is 1. The fraction of sp³-hybridized carbons (Fsp3) is 0.333. The van der Waals surface area contributed by atoms with Crippen molar-refractivity contribution in [3.63, 3.8) is 0 Å². The van der Waals surface area contributed by atoms with Crippen molar-refractivity contribution in [2.75, 3.05) is 14.1 Å². The number of amides is 1. The summed E-state index contributed by atoms with van der Waals surface area (Å²) in [5.74, 6) is 0.00977. The van der Waals surface area contributed by atoms with E-state index in [0.717, 1.165) is 22.8 Å². The van der Waals surface area contributed by atoms with Crippen LogP contribution in [0.1, 0.15) is 16.3 Å². The van der Waals surface area contributed by atoms with Crippen LogP contribution in [-0.2, 0) is 24.3 Å². The second-order valence-electron chi connectivity index (χ2n) is 4.91. The SMILES string of the molecule is CN(C)Cc1nc(CC(=O)NCc2ccccc2)cs1. The van der Waals surface area contributed by atoms with Crippen LogP contribution < -0.4 is 5.32 Å².